The first-order valence-electron chi connectivity index (χ1n) is 6.20. The fraction of sp³-hybridized carbons (Fsp3) is 0.917. The molecule has 3 N–H and O–H groups in total. The third-order valence-corrected chi connectivity index (χ3v) is 2.19. The molecule has 0 fully saturated rings. The van der Waals surface area contributed by atoms with E-state index < -0.39 is 0 Å². The van der Waals surface area contributed by atoms with E-state index in [1.807, 2.05) is 0 Å². The van der Waals surface area contributed by atoms with E-state index in [-0.39, 0.29) is 0 Å². The Morgan fingerprint density at radius 2 is 2.06 bits per heavy atom. The fourth-order valence-electron chi connectivity index (χ4n) is 1.09. The number of guanidine groups is 1. The molecule has 16 heavy (non-hydrogen) atoms. The van der Waals surface area contributed by atoms with Crippen molar-refractivity contribution in [1.29, 1.82) is 0 Å². The zero-order valence-electron chi connectivity index (χ0n) is 11.1. The average molecular weight is 229 g/mol. The molecule has 0 spiro atoms. The highest BCUT2D eigenvalue weighted by Crippen LogP contribution is 1.93. The van der Waals surface area contributed by atoms with Gasteiger partial charge < -0.3 is 15.8 Å². The maximum atomic E-state index is 5.71. The number of nitrogens with one attached hydrogen (secondary N) is 1. The first-order valence-corrected chi connectivity index (χ1v) is 6.20. The third kappa shape index (κ3) is 9.77. The van der Waals surface area contributed by atoms with Crippen molar-refractivity contribution in [2.75, 3.05) is 19.8 Å². The molecule has 0 heterocycles. The Morgan fingerprint density at radius 1 is 1.38 bits per heavy atom. The van der Waals surface area contributed by atoms with Gasteiger partial charge in [0.1, 0.15) is 0 Å². The molecule has 0 saturated heterocycles. The van der Waals surface area contributed by atoms with Crippen molar-refractivity contribution < 1.29 is 4.74 Å². The van der Waals surface area contributed by atoms with Gasteiger partial charge in [0.2, 0.25) is 0 Å². The summed E-state index contributed by atoms with van der Waals surface area (Å²) in [6.07, 6.45) is 1.98. The Hall–Kier alpha value is -0.770. The number of nitrogens with zero attached hydrogens (tertiary/aromatic N) is 1. The van der Waals surface area contributed by atoms with Crippen molar-refractivity contribution in [3.8, 4) is 0 Å². The van der Waals surface area contributed by atoms with Gasteiger partial charge >= 0.3 is 0 Å². The van der Waals surface area contributed by atoms with Gasteiger partial charge in [-0.15, -0.1) is 0 Å². The first kappa shape index (κ1) is 15.2. The summed E-state index contributed by atoms with van der Waals surface area (Å²) in [5.41, 5.74) is 5.71. The number of ether oxygens (including phenoxy) is 1. The molecule has 0 aliphatic heterocycles. The van der Waals surface area contributed by atoms with Crippen molar-refractivity contribution in [2.24, 2.45) is 16.6 Å². The minimum absolute atomic E-state index is 0.390. The lowest BCUT2D eigenvalue weighted by Crippen LogP contribution is -2.38. The summed E-state index contributed by atoms with van der Waals surface area (Å²) in [4.78, 5) is 4.23. The van der Waals surface area contributed by atoms with Crippen LogP contribution in [0.25, 0.3) is 0 Å². The largest absolute Gasteiger partial charge is 0.381 e. The molecule has 0 aliphatic carbocycles. The molecule has 4 nitrogen and oxygen atoms in total. The van der Waals surface area contributed by atoms with Gasteiger partial charge in [0.15, 0.2) is 5.96 Å². The van der Waals surface area contributed by atoms with E-state index in [1.165, 1.54) is 0 Å². The highest BCUT2D eigenvalue weighted by molar-refractivity contribution is 5.78. The second-order valence-electron chi connectivity index (χ2n) is 4.54. The first-order chi connectivity index (χ1) is 7.56. The van der Waals surface area contributed by atoms with Crippen LogP contribution in [-0.4, -0.2) is 31.8 Å². The molecule has 0 amide bonds. The van der Waals surface area contributed by atoms with Gasteiger partial charge in [-0.2, -0.15) is 0 Å². The van der Waals surface area contributed by atoms with Gasteiger partial charge in [0, 0.05) is 25.8 Å². The van der Waals surface area contributed by atoms with E-state index in [9.17, 15) is 0 Å². The molecule has 0 radical (unpaired) electrons. The summed E-state index contributed by atoms with van der Waals surface area (Å²) < 4.78 is 5.45. The second-order valence-corrected chi connectivity index (χ2v) is 4.54. The smallest absolute Gasteiger partial charge is 0.188 e. The Kier molecular flexibility index (Phi) is 9.00. The molecule has 1 unspecified atom stereocenters. The fourth-order valence-corrected chi connectivity index (χ4v) is 1.09. The molecular formula is C12H27N3O. The van der Waals surface area contributed by atoms with Crippen molar-refractivity contribution in [1.82, 2.24) is 5.32 Å². The monoisotopic (exact) mass is 229 g/mol. The third-order valence-electron chi connectivity index (χ3n) is 2.19. The Morgan fingerprint density at radius 3 is 2.62 bits per heavy atom. The summed E-state index contributed by atoms with van der Waals surface area (Å²) in [5.74, 6) is 1.14. The number of rotatable bonds is 8. The van der Waals surface area contributed by atoms with Crippen molar-refractivity contribution in [3.05, 3.63) is 0 Å². The SMILES string of the molecule is CCC(C)NC(N)=NCCCOCC(C)C. The highest BCUT2D eigenvalue weighted by Gasteiger charge is 1.98. The lowest BCUT2D eigenvalue weighted by Gasteiger charge is -2.11. The Bertz CT molecular complexity index is 193. The molecule has 96 valence electrons. The van der Waals surface area contributed by atoms with Gasteiger partial charge in [-0.1, -0.05) is 20.8 Å². The summed E-state index contributed by atoms with van der Waals surface area (Å²) >= 11 is 0. The van der Waals surface area contributed by atoms with Crippen molar-refractivity contribution >= 4 is 5.96 Å². The minimum atomic E-state index is 0.390. The van der Waals surface area contributed by atoms with E-state index >= 15 is 0 Å². The summed E-state index contributed by atoms with van der Waals surface area (Å²) in [7, 11) is 0. The topological polar surface area (TPSA) is 59.6 Å². The molecule has 0 aromatic rings. The zero-order valence-corrected chi connectivity index (χ0v) is 11.1. The van der Waals surface area contributed by atoms with E-state index in [2.05, 4.69) is 38.0 Å². The second kappa shape index (κ2) is 9.46. The van der Waals surface area contributed by atoms with Crippen LogP contribution in [0.3, 0.4) is 0 Å². The molecule has 1 atom stereocenters. The maximum absolute atomic E-state index is 5.71. The van der Waals surface area contributed by atoms with Crippen LogP contribution in [0, 0.1) is 5.92 Å². The van der Waals surface area contributed by atoms with Crippen LogP contribution in [0.2, 0.25) is 0 Å². The van der Waals surface area contributed by atoms with Crippen LogP contribution in [-0.2, 0) is 4.74 Å². The molecule has 4 heteroatoms. The normalized spacial score (nSPS) is 14.2. The Balaban J connectivity index is 3.44. The van der Waals surface area contributed by atoms with Crippen molar-refractivity contribution in [3.63, 3.8) is 0 Å². The average Bonchev–Trinajstić information content (AvgIpc) is 2.22. The van der Waals surface area contributed by atoms with Gasteiger partial charge in [0.05, 0.1) is 0 Å². The lowest BCUT2D eigenvalue weighted by molar-refractivity contribution is 0.109. The van der Waals surface area contributed by atoms with E-state index in [4.69, 9.17) is 10.5 Å². The van der Waals surface area contributed by atoms with Crippen LogP contribution in [0.4, 0.5) is 0 Å². The van der Waals surface area contributed by atoms with Gasteiger partial charge in [0.25, 0.3) is 0 Å². The van der Waals surface area contributed by atoms with Gasteiger partial charge in [-0.05, 0) is 25.7 Å². The van der Waals surface area contributed by atoms with Crippen molar-refractivity contribution in [2.45, 2.75) is 46.6 Å². The van der Waals surface area contributed by atoms with Crippen LogP contribution < -0.4 is 11.1 Å². The summed E-state index contributed by atoms with van der Waals surface area (Å²) in [6.45, 7) is 10.8. The lowest BCUT2D eigenvalue weighted by atomic mass is 10.2. The molecule has 0 aromatic carbocycles. The summed E-state index contributed by atoms with van der Waals surface area (Å²) in [5, 5.41) is 3.13. The standard InChI is InChI=1S/C12H27N3O/c1-5-11(4)15-12(13)14-7-6-8-16-9-10(2)3/h10-11H,5-9H2,1-4H3,(H3,13,14,15). The predicted molar refractivity (Wildman–Crippen MR) is 69.7 cm³/mol. The number of hydrogen-bond donors (Lipinski definition) is 2. The van der Waals surface area contributed by atoms with Crippen LogP contribution in [0.15, 0.2) is 4.99 Å². The molecule has 0 saturated carbocycles. The van der Waals surface area contributed by atoms with E-state index in [0.717, 1.165) is 32.6 Å². The molecule has 0 aromatic heterocycles. The molecule has 0 bridgehead atoms. The van der Waals surface area contributed by atoms with Crippen LogP contribution in [0.5, 0.6) is 0 Å². The number of aliphatic imine (C=N–C) groups is 1. The van der Waals surface area contributed by atoms with Crippen LogP contribution >= 0.6 is 0 Å². The van der Waals surface area contributed by atoms with E-state index in [1.54, 1.807) is 0 Å². The van der Waals surface area contributed by atoms with Gasteiger partial charge in [-0.25, -0.2) is 0 Å². The number of hydrogen-bond acceptors (Lipinski definition) is 2. The minimum Gasteiger partial charge on any atom is -0.381 e. The maximum Gasteiger partial charge on any atom is 0.188 e. The predicted octanol–water partition coefficient (Wildman–Crippen LogP) is 1.75. The van der Waals surface area contributed by atoms with Crippen LogP contribution in [0.1, 0.15) is 40.5 Å². The zero-order chi connectivity index (χ0) is 12.4. The number of nitrogens with two attached hydrogens (primary N) is 1. The van der Waals surface area contributed by atoms with E-state index in [0.29, 0.717) is 17.9 Å². The quantitative estimate of drug-likeness (QED) is 0.379. The molecule has 0 aliphatic rings. The Labute approximate surface area is 99.7 Å². The molecule has 0 rings (SSSR count). The highest BCUT2D eigenvalue weighted by atomic mass is 16.5. The summed E-state index contributed by atoms with van der Waals surface area (Å²) in [6, 6.07) is 0.390. The van der Waals surface area contributed by atoms with Gasteiger partial charge in [-0.3, -0.25) is 4.99 Å². The molecular weight excluding hydrogens is 202 g/mol.